The van der Waals surface area contributed by atoms with E-state index in [4.69, 9.17) is 0 Å². The molecule has 0 aliphatic heterocycles. The number of anilines is 1. The standard InChI is InChI=1S/C13H7BrFIN2O3/c14-7-1-4-11(12(5-7)18(20)21)17-13(19)9-3-2-8(15)6-10(9)16/h1-6H,(H,17,19). The van der Waals surface area contributed by atoms with Gasteiger partial charge in [0.15, 0.2) is 0 Å². The number of amides is 1. The second-order valence-electron chi connectivity index (χ2n) is 4.00. The van der Waals surface area contributed by atoms with Crippen molar-refractivity contribution in [2.45, 2.75) is 0 Å². The number of nitrogens with one attached hydrogen (secondary N) is 1. The second-order valence-corrected chi connectivity index (χ2v) is 6.07. The molecule has 1 amide bonds. The number of hydrogen-bond donors (Lipinski definition) is 1. The highest BCUT2D eigenvalue weighted by atomic mass is 127. The number of rotatable bonds is 3. The van der Waals surface area contributed by atoms with Crippen molar-refractivity contribution in [2.75, 3.05) is 5.32 Å². The maximum absolute atomic E-state index is 13.0. The third kappa shape index (κ3) is 3.76. The fourth-order valence-electron chi connectivity index (χ4n) is 1.62. The molecule has 0 spiro atoms. The Hall–Kier alpha value is -1.55. The number of benzene rings is 2. The molecular weight excluding hydrogens is 458 g/mol. The minimum atomic E-state index is -0.587. The van der Waals surface area contributed by atoms with Crippen LogP contribution in [0.5, 0.6) is 0 Å². The fourth-order valence-corrected chi connectivity index (χ4v) is 2.70. The monoisotopic (exact) mass is 464 g/mol. The molecule has 0 saturated heterocycles. The van der Waals surface area contributed by atoms with Crippen LogP contribution in [0.15, 0.2) is 40.9 Å². The van der Waals surface area contributed by atoms with Gasteiger partial charge in [0.2, 0.25) is 0 Å². The number of carbonyl (C=O) groups excluding carboxylic acids is 1. The van der Waals surface area contributed by atoms with Gasteiger partial charge in [-0.2, -0.15) is 0 Å². The number of carbonyl (C=O) groups is 1. The van der Waals surface area contributed by atoms with Gasteiger partial charge in [0.1, 0.15) is 11.5 Å². The molecule has 8 heteroatoms. The van der Waals surface area contributed by atoms with Crippen LogP contribution in [0.3, 0.4) is 0 Å². The lowest BCUT2D eigenvalue weighted by Gasteiger charge is -2.08. The Morgan fingerprint density at radius 2 is 2.00 bits per heavy atom. The average Bonchev–Trinajstić information content (AvgIpc) is 2.40. The zero-order valence-corrected chi connectivity index (χ0v) is 14.0. The van der Waals surface area contributed by atoms with Gasteiger partial charge in [-0.05, 0) is 52.9 Å². The van der Waals surface area contributed by atoms with Crippen molar-refractivity contribution >= 4 is 55.8 Å². The summed E-state index contributed by atoms with van der Waals surface area (Å²) < 4.78 is 14.0. The van der Waals surface area contributed by atoms with Crippen LogP contribution in [-0.4, -0.2) is 10.8 Å². The Labute approximate surface area is 141 Å². The van der Waals surface area contributed by atoms with E-state index in [9.17, 15) is 19.3 Å². The first-order valence-corrected chi connectivity index (χ1v) is 7.46. The lowest BCUT2D eigenvalue weighted by molar-refractivity contribution is -0.384. The smallest absolute Gasteiger partial charge is 0.293 e. The minimum absolute atomic E-state index is 0.0772. The summed E-state index contributed by atoms with van der Waals surface area (Å²) in [6, 6.07) is 8.01. The molecule has 0 bridgehead atoms. The number of halogens is 3. The van der Waals surface area contributed by atoms with Crippen molar-refractivity contribution in [3.63, 3.8) is 0 Å². The van der Waals surface area contributed by atoms with Crippen molar-refractivity contribution in [1.82, 2.24) is 0 Å². The van der Waals surface area contributed by atoms with Gasteiger partial charge in [0.25, 0.3) is 11.6 Å². The molecular formula is C13H7BrFIN2O3. The van der Waals surface area contributed by atoms with Gasteiger partial charge < -0.3 is 5.32 Å². The highest BCUT2D eigenvalue weighted by Gasteiger charge is 2.18. The van der Waals surface area contributed by atoms with Gasteiger partial charge in [-0.25, -0.2) is 4.39 Å². The first-order chi connectivity index (χ1) is 9.88. The molecule has 0 unspecified atom stereocenters. The van der Waals surface area contributed by atoms with Gasteiger partial charge in [-0.1, -0.05) is 15.9 Å². The summed E-state index contributed by atoms with van der Waals surface area (Å²) >= 11 is 4.96. The molecule has 1 N–H and O–H groups in total. The highest BCUT2D eigenvalue weighted by Crippen LogP contribution is 2.28. The molecule has 0 atom stereocenters. The third-order valence-corrected chi connectivity index (χ3v) is 3.97. The summed E-state index contributed by atoms with van der Waals surface area (Å²) in [5.74, 6) is -0.990. The highest BCUT2D eigenvalue weighted by molar-refractivity contribution is 14.1. The van der Waals surface area contributed by atoms with Crippen molar-refractivity contribution in [3.8, 4) is 0 Å². The van der Waals surface area contributed by atoms with Crippen LogP contribution >= 0.6 is 38.5 Å². The third-order valence-electron chi connectivity index (χ3n) is 2.58. The quantitative estimate of drug-likeness (QED) is 0.417. The Morgan fingerprint density at radius 1 is 1.29 bits per heavy atom. The molecule has 21 heavy (non-hydrogen) atoms. The molecule has 0 fully saturated rings. The second kappa shape index (κ2) is 6.48. The molecule has 0 heterocycles. The van der Waals surface area contributed by atoms with Crippen LogP contribution in [-0.2, 0) is 0 Å². The molecule has 2 aromatic rings. The molecule has 108 valence electrons. The Bertz CT molecular complexity index is 739. The zero-order valence-electron chi connectivity index (χ0n) is 10.3. The zero-order chi connectivity index (χ0) is 15.6. The Balaban J connectivity index is 2.34. The summed E-state index contributed by atoms with van der Waals surface area (Å²) in [7, 11) is 0. The van der Waals surface area contributed by atoms with Crippen molar-refractivity contribution < 1.29 is 14.1 Å². The van der Waals surface area contributed by atoms with E-state index in [1.807, 2.05) is 22.6 Å². The summed E-state index contributed by atoms with van der Waals surface area (Å²) in [6.07, 6.45) is 0. The van der Waals surface area contributed by atoms with Gasteiger partial charge >= 0.3 is 0 Å². The molecule has 0 saturated carbocycles. The van der Waals surface area contributed by atoms with Gasteiger partial charge in [-0.15, -0.1) is 0 Å². The first-order valence-electron chi connectivity index (χ1n) is 5.59. The average molecular weight is 465 g/mol. The SMILES string of the molecule is O=C(Nc1ccc(Br)cc1[N+](=O)[O-])c1ccc(F)cc1I. The van der Waals surface area contributed by atoms with Crippen molar-refractivity contribution in [2.24, 2.45) is 0 Å². The lowest BCUT2D eigenvalue weighted by Crippen LogP contribution is -2.14. The first kappa shape index (κ1) is 15.8. The van der Waals surface area contributed by atoms with E-state index in [1.165, 1.54) is 24.3 Å². The van der Waals surface area contributed by atoms with Crippen LogP contribution in [0.25, 0.3) is 0 Å². The number of nitro groups is 1. The molecule has 2 rings (SSSR count). The van der Waals surface area contributed by atoms with Crippen LogP contribution < -0.4 is 5.32 Å². The van der Waals surface area contributed by atoms with Crippen LogP contribution in [0.2, 0.25) is 0 Å². The normalized spacial score (nSPS) is 10.2. The summed E-state index contributed by atoms with van der Waals surface area (Å²) in [5, 5.41) is 13.5. The van der Waals surface area contributed by atoms with Crippen molar-refractivity contribution in [3.05, 3.63) is 65.9 Å². The maximum Gasteiger partial charge on any atom is 0.293 e. The predicted octanol–water partition coefficient (Wildman–Crippen LogP) is 4.35. The van der Waals surface area contributed by atoms with E-state index >= 15 is 0 Å². The van der Waals surface area contributed by atoms with E-state index in [0.717, 1.165) is 6.07 Å². The molecule has 0 aliphatic rings. The van der Waals surface area contributed by atoms with Gasteiger partial charge in [0.05, 0.1) is 10.5 Å². The largest absolute Gasteiger partial charge is 0.316 e. The van der Waals surface area contributed by atoms with Gasteiger partial charge in [0, 0.05) is 14.1 Å². The Kier molecular flexibility index (Phi) is 4.88. The summed E-state index contributed by atoms with van der Waals surface area (Å²) in [6.45, 7) is 0. The minimum Gasteiger partial charge on any atom is -0.316 e. The molecule has 0 radical (unpaired) electrons. The number of nitro benzene ring substituents is 1. The Morgan fingerprint density at radius 3 is 2.62 bits per heavy atom. The van der Waals surface area contributed by atoms with E-state index in [-0.39, 0.29) is 16.9 Å². The molecule has 5 nitrogen and oxygen atoms in total. The predicted molar refractivity (Wildman–Crippen MR) is 87.9 cm³/mol. The van der Waals surface area contributed by atoms with E-state index in [2.05, 4.69) is 21.2 Å². The molecule has 0 aliphatic carbocycles. The fraction of sp³-hybridized carbons (Fsp3) is 0. The van der Waals surface area contributed by atoms with E-state index < -0.39 is 16.6 Å². The summed E-state index contributed by atoms with van der Waals surface area (Å²) in [5.41, 5.74) is 0.0948. The van der Waals surface area contributed by atoms with Gasteiger partial charge in [-0.3, -0.25) is 14.9 Å². The van der Waals surface area contributed by atoms with Crippen LogP contribution in [0.1, 0.15) is 10.4 Å². The number of hydrogen-bond acceptors (Lipinski definition) is 3. The molecule has 2 aromatic carbocycles. The number of nitrogens with zero attached hydrogens (tertiary/aromatic N) is 1. The maximum atomic E-state index is 13.0. The van der Waals surface area contributed by atoms with Crippen LogP contribution in [0.4, 0.5) is 15.8 Å². The van der Waals surface area contributed by atoms with E-state index in [1.54, 1.807) is 6.07 Å². The topological polar surface area (TPSA) is 72.2 Å². The van der Waals surface area contributed by atoms with Crippen LogP contribution in [0, 0.1) is 19.5 Å². The lowest BCUT2D eigenvalue weighted by atomic mass is 10.2. The summed E-state index contributed by atoms with van der Waals surface area (Å²) in [4.78, 5) is 22.5. The molecule has 0 aromatic heterocycles. The van der Waals surface area contributed by atoms with E-state index in [0.29, 0.717) is 8.04 Å². The van der Waals surface area contributed by atoms with Crippen molar-refractivity contribution in [1.29, 1.82) is 0 Å².